The molecule has 0 aliphatic rings. The zero-order valence-corrected chi connectivity index (χ0v) is 13.6. The molecule has 24 heavy (non-hydrogen) atoms. The van der Waals surface area contributed by atoms with Gasteiger partial charge in [-0.1, -0.05) is 60.7 Å². The van der Waals surface area contributed by atoms with E-state index in [1.54, 1.807) is 7.11 Å². The lowest BCUT2D eigenvalue weighted by Crippen LogP contribution is -2.01. The van der Waals surface area contributed by atoms with Gasteiger partial charge in [-0.15, -0.1) is 0 Å². The number of hydrogen-bond acceptors (Lipinski definition) is 1. The van der Waals surface area contributed by atoms with Gasteiger partial charge in [0.25, 0.3) is 0 Å². The van der Waals surface area contributed by atoms with Crippen molar-refractivity contribution >= 4 is 10.9 Å². The predicted octanol–water partition coefficient (Wildman–Crippen LogP) is 5.37. The third-order valence-electron chi connectivity index (χ3n) is 4.36. The van der Waals surface area contributed by atoms with Gasteiger partial charge in [-0.3, -0.25) is 0 Å². The highest BCUT2D eigenvalue weighted by atomic mass is 16.5. The molecular formula is C22H19NO. The Bertz CT molecular complexity index is 955. The number of methoxy groups -OCH3 is 1. The quantitative estimate of drug-likeness (QED) is 0.494. The van der Waals surface area contributed by atoms with E-state index in [4.69, 9.17) is 4.74 Å². The summed E-state index contributed by atoms with van der Waals surface area (Å²) in [7, 11) is 1.71. The Kier molecular flexibility index (Phi) is 3.80. The third kappa shape index (κ3) is 2.67. The number of hydrogen-bond donors (Lipinski definition) is 0. The van der Waals surface area contributed by atoms with E-state index >= 15 is 0 Å². The van der Waals surface area contributed by atoms with Crippen LogP contribution in [0.2, 0.25) is 0 Å². The molecule has 2 heteroatoms. The molecule has 2 nitrogen and oxygen atoms in total. The Morgan fingerprint density at radius 3 is 2.21 bits per heavy atom. The average molecular weight is 313 g/mol. The van der Waals surface area contributed by atoms with Crippen LogP contribution in [0.5, 0.6) is 5.75 Å². The van der Waals surface area contributed by atoms with E-state index in [9.17, 15) is 0 Å². The van der Waals surface area contributed by atoms with Crippen LogP contribution < -0.4 is 4.74 Å². The fourth-order valence-corrected chi connectivity index (χ4v) is 3.16. The lowest BCUT2D eigenvalue weighted by Gasteiger charge is -2.11. The number of fused-ring (bicyclic) bond motifs is 1. The first-order chi connectivity index (χ1) is 11.8. The lowest BCUT2D eigenvalue weighted by molar-refractivity contribution is 0.415. The maximum Gasteiger partial charge on any atom is 0.119 e. The van der Waals surface area contributed by atoms with Gasteiger partial charge in [0.15, 0.2) is 0 Å². The highest BCUT2D eigenvalue weighted by Crippen LogP contribution is 2.31. The maximum atomic E-state index is 5.39. The van der Waals surface area contributed by atoms with Crippen molar-refractivity contribution < 1.29 is 4.74 Å². The first kappa shape index (κ1) is 14.6. The van der Waals surface area contributed by atoms with Gasteiger partial charge in [0.05, 0.1) is 7.11 Å². The van der Waals surface area contributed by atoms with Crippen molar-refractivity contribution in [3.05, 3.63) is 90.5 Å². The van der Waals surface area contributed by atoms with Crippen LogP contribution in [0.3, 0.4) is 0 Å². The highest BCUT2D eigenvalue weighted by Gasteiger charge is 2.11. The lowest BCUT2D eigenvalue weighted by atomic mass is 10.1. The van der Waals surface area contributed by atoms with Crippen molar-refractivity contribution in [2.45, 2.75) is 6.54 Å². The highest BCUT2D eigenvalue weighted by molar-refractivity contribution is 5.88. The van der Waals surface area contributed by atoms with Gasteiger partial charge in [0, 0.05) is 23.1 Å². The first-order valence-corrected chi connectivity index (χ1v) is 8.12. The molecule has 4 aromatic rings. The number of ether oxygens (including phenoxy) is 1. The van der Waals surface area contributed by atoms with Crippen LogP contribution in [0.4, 0.5) is 0 Å². The Hall–Kier alpha value is -3.00. The average Bonchev–Trinajstić information content (AvgIpc) is 3.01. The van der Waals surface area contributed by atoms with Gasteiger partial charge in [-0.25, -0.2) is 0 Å². The van der Waals surface area contributed by atoms with Gasteiger partial charge in [-0.2, -0.15) is 0 Å². The number of aromatic nitrogens is 1. The SMILES string of the molecule is COc1ccc2c(c1)cc(-c1ccccc1)n2Cc1ccccc1. The van der Waals surface area contributed by atoms with E-state index in [-0.39, 0.29) is 0 Å². The Labute approximate surface area is 141 Å². The minimum atomic E-state index is 0.848. The number of benzene rings is 3. The van der Waals surface area contributed by atoms with Crippen molar-refractivity contribution in [2.75, 3.05) is 7.11 Å². The van der Waals surface area contributed by atoms with Gasteiger partial charge < -0.3 is 9.30 Å². The molecule has 0 saturated heterocycles. The van der Waals surface area contributed by atoms with Crippen molar-refractivity contribution in [1.29, 1.82) is 0 Å². The molecule has 1 aromatic heterocycles. The minimum Gasteiger partial charge on any atom is -0.497 e. The molecule has 118 valence electrons. The molecule has 4 rings (SSSR count). The minimum absolute atomic E-state index is 0.848. The normalized spacial score (nSPS) is 10.9. The molecule has 0 aliphatic carbocycles. The van der Waals surface area contributed by atoms with Crippen molar-refractivity contribution in [1.82, 2.24) is 4.57 Å². The molecule has 0 fully saturated rings. The van der Waals surface area contributed by atoms with Crippen LogP contribution in [-0.4, -0.2) is 11.7 Å². The zero-order valence-electron chi connectivity index (χ0n) is 13.6. The monoisotopic (exact) mass is 313 g/mol. The standard InChI is InChI=1S/C22H19NO/c1-24-20-12-13-21-19(14-20)15-22(18-10-6-3-7-11-18)23(21)16-17-8-4-2-5-9-17/h2-15H,16H2,1H3. The molecule has 1 heterocycles. The van der Waals surface area contributed by atoms with Gasteiger partial charge in [0.2, 0.25) is 0 Å². The molecule has 0 saturated carbocycles. The number of rotatable bonds is 4. The summed E-state index contributed by atoms with van der Waals surface area (Å²) >= 11 is 0. The largest absolute Gasteiger partial charge is 0.497 e. The summed E-state index contributed by atoms with van der Waals surface area (Å²) in [6, 6.07) is 29.6. The predicted molar refractivity (Wildman–Crippen MR) is 99.5 cm³/mol. The van der Waals surface area contributed by atoms with Crippen LogP contribution in [0.1, 0.15) is 5.56 Å². The van der Waals surface area contributed by atoms with E-state index in [0.717, 1.165) is 12.3 Å². The second-order valence-corrected chi connectivity index (χ2v) is 5.89. The van der Waals surface area contributed by atoms with Gasteiger partial charge in [0.1, 0.15) is 5.75 Å². The molecule has 0 N–H and O–H groups in total. The molecule has 0 bridgehead atoms. The molecule has 3 aromatic carbocycles. The van der Waals surface area contributed by atoms with Gasteiger partial charge >= 0.3 is 0 Å². The number of nitrogens with zero attached hydrogens (tertiary/aromatic N) is 1. The zero-order chi connectivity index (χ0) is 16.4. The summed E-state index contributed by atoms with van der Waals surface area (Å²) in [5.41, 5.74) is 4.97. The van der Waals surface area contributed by atoms with Crippen molar-refractivity contribution in [2.24, 2.45) is 0 Å². The summed E-state index contributed by atoms with van der Waals surface area (Å²) in [5, 5.41) is 1.20. The first-order valence-electron chi connectivity index (χ1n) is 8.12. The summed E-state index contributed by atoms with van der Waals surface area (Å²) in [6.07, 6.45) is 0. The molecular weight excluding hydrogens is 294 g/mol. The summed E-state index contributed by atoms with van der Waals surface area (Å²) in [6.45, 7) is 0.848. The van der Waals surface area contributed by atoms with E-state index in [1.807, 2.05) is 6.07 Å². The van der Waals surface area contributed by atoms with Crippen molar-refractivity contribution in [3.8, 4) is 17.0 Å². The van der Waals surface area contributed by atoms with Crippen molar-refractivity contribution in [3.63, 3.8) is 0 Å². The van der Waals surface area contributed by atoms with E-state index < -0.39 is 0 Å². The molecule has 0 atom stereocenters. The van der Waals surface area contributed by atoms with Gasteiger partial charge in [-0.05, 0) is 35.4 Å². The Morgan fingerprint density at radius 1 is 0.792 bits per heavy atom. The Morgan fingerprint density at radius 2 is 1.50 bits per heavy atom. The fourth-order valence-electron chi connectivity index (χ4n) is 3.16. The van der Waals surface area contributed by atoms with Crippen LogP contribution in [0.15, 0.2) is 84.9 Å². The molecule has 0 amide bonds. The fraction of sp³-hybridized carbons (Fsp3) is 0.0909. The van der Waals surface area contributed by atoms with Crippen LogP contribution in [0, 0.1) is 0 Å². The topological polar surface area (TPSA) is 14.2 Å². The third-order valence-corrected chi connectivity index (χ3v) is 4.36. The van der Waals surface area contributed by atoms with E-state index in [2.05, 4.69) is 83.4 Å². The smallest absolute Gasteiger partial charge is 0.119 e. The van der Waals surface area contributed by atoms with E-state index in [0.29, 0.717) is 0 Å². The van der Waals surface area contributed by atoms with E-state index in [1.165, 1.54) is 27.7 Å². The second-order valence-electron chi connectivity index (χ2n) is 5.89. The summed E-state index contributed by atoms with van der Waals surface area (Å²) < 4.78 is 7.76. The van der Waals surface area contributed by atoms with Crippen LogP contribution in [0.25, 0.3) is 22.2 Å². The molecule has 0 radical (unpaired) electrons. The van der Waals surface area contributed by atoms with Crippen LogP contribution in [-0.2, 0) is 6.54 Å². The Balaban J connectivity index is 1.91. The van der Waals surface area contributed by atoms with Crippen LogP contribution >= 0.6 is 0 Å². The molecule has 0 spiro atoms. The summed E-state index contributed by atoms with van der Waals surface area (Å²) in [4.78, 5) is 0. The molecule has 0 aliphatic heterocycles. The molecule has 0 unspecified atom stereocenters. The summed E-state index contributed by atoms with van der Waals surface area (Å²) in [5.74, 6) is 0.888. The second kappa shape index (κ2) is 6.25. The maximum absolute atomic E-state index is 5.39.